The molecule has 16 heteroatoms. The van der Waals surface area contributed by atoms with Crippen LogP contribution in [0.2, 0.25) is 0 Å². The van der Waals surface area contributed by atoms with Crippen molar-refractivity contribution in [2.75, 3.05) is 11.9 Å². The van der Waals surface area contributed by atoms with E-state index in [1.54, 1.807) is 20.8 Å². The van der Waals surface area contributed by atoms with E-state index in [9.17, 15) is 24.8 Å². The van der Waals surface area contributed by atoms with Crippen LogP contribution >= 0.6 is 0 Å². The molecule has 1 aliphatic heterocycles. The zero-order chi connectivity index (χ0) is 39.7. The Morgan fingerprint density at radius 1 is 1.25 bits per heavy atom. The Labute approximate surface area is 296 Å². The third kappa shape index (κ3) is 6.68. The summed E-state index contributed by atoms with van der Waals surface area (Å²) >= 11 is 0. The number of aliphatic hydroxyl groups excluding tert-OH is 1. The molecule has 6 rings (SSSR count). The maximum atomic E-state index is 16.7. The predicted octanol–water partition coefficient (Wildman–Crippen LogP) is 5.14. The van der Waals surface area contributed by atoms with Gasteiger partial charge in [0.05, 0.1) is 46.9 Å². The number of hydrogen-bond acceptors (Lipinski definition) is 11. The third-order valence-corrected chi connectivity index (χ3v) is 8.36. The normalized spacial score (nSPS) is 17.3. The first-order chi connectivity index (χ1) is 25.1. The molecule has 1 aromatic carbocycles. The number of nitriles is 1. The molecule has 3 aromatic heterocycles. The van der Waals surface area contributed by atoms with Crippen LogP contribution in [0.15, 0.2) is 23.1 Å². The summed E-state index contributed by atoms with van der Waals surface area (Å²) in [6.45, 7) is 5.75. The molecule has 2 aliphatic rings. The second-order valence-corrected chi connectivity index (χ2v) is 14.6. The van der Waals surface area contributed by atoms with Crippen molar-refractivity contribution in [3.05, 3.63) is 51.3 Å². The fourth-order valence-electron chi connectivity index (χ4n) is 6.08. The van der Waals surface area contributed by atoms with E-state index in [2.05, 4.69) is 31.7 Å². The first-order valence-electron chi connectivity index (χ1n) is 17.6. The predicted molar refractivity (Wildman–Crippen MR) is 182 cm³/mol. The van der Waals surface area contributed by atoms with Gasteiger partial charge in [0.15, 0.2) is 5.82 Å². The van der Waals surface area contributed by atoms with Gasteiger partial charge in [-0.3, -0.25) is 14.4 Å². The van der Waals surface area contributed by atoms with Crippen LogP contribution in [0.3, 0.4) is 0 Å². The lowest BCUT2D eigenvalue weighted by atomic mass is 9.89. The summed E-state index contributed by atoms with van der Waals surface area (Å²) in [6.07, 6.45) is 0.802. The van der Waals surface area contributed by atoms with Gasteiger partial charge in [-0.25, -0.2) is 24.1 Å². The van der Waals surface area contributed by atoms with E-state index in [1.807, 2.05) is 0 Å². The first kappa shape index (κ1) is 31.4. The molecular weight excluding hydrogens is 663 g/mol. The van der Waals surface area contributed by atoms with Crippen molar-refractivity contribution in [1.29, 1.82) is 5.26 Å². The Morgan fingerprint density at radius 2 is 1.96 bits per heavy atom. The first-order valence-corrected chi connectivity index (χ1v) is 16.1. The summed E-state index contributed by atoms with van der Waals surface area (Å²) < 4.78 is 60.0. The van der Waals surface area contributed by atoms with E-state index in [-0.39, 0.29) is 55.4 Å². The highest BCUT2D eigenvalue weighted by molar-refractivity contribution is 6.02. The molecule has 0 saturated heterocycles. The van der Waals surface area contributed by atoms with E-state index < -0.39 is 71.2 Å². The second-order valence-electron chi connectivity index (χ2n) is 14.6. The van der Waals surface area contributed by atoms with E-state index in [0.717, 1.165) is 0 Å². The van der Waals surface area contributed by atoms with Crippen molar-refractivity contribution in [2.45, 2.75) is 90.3 Å². The van der Waals surface area contributed by atoms with Crippen molar-refractivity contribution in [3.63, 3.8) is 0 Å². The molecule has 0 bridgehead atoms. The third-order valence-electron chi connectivity index (χ3n) is 8.36. The van der Waals surface area contributed by atoms with Gasteiger partial charge in [0.25, 0.3) is 5.56 Å². The number of nitrogens with zero attached hydrogens (tertiary/aromatic N) is 6. The van der Waals surface area contributed by atoms with Crippen molar-refractivity contribution < 1.29 is 37.4 Å². The number of aromatic amines is 1. The van der Waals surface area contributed by atoms with Crippen molar-refractivity contribution in [3.8, 4) is 34.3 Å². The number of alkyl carbamates (subject to hydrolysis) is 1. The maximum absolute atomic E-state index is 16.7. The quantitative estimate of drug-likeness (QED) is 0.249. The zero-order valence-corrected chi connectivity index (χ0v) is 29.1. The van der Waals surface area contributed by atoms with E-state index in [0.29, 0.717) is 19.3 Å². The zero-order valence-electron chi connectivity index (χ0n) is 32.1. The standard InChI is InChI=1S/C35H39FN8O7/c1-33(2,3)50-31(47)40-23-13-35(9-10-35)49-28-18(23)11-21(36)25(19(28)14-37)27-20(15-38-44(27)8)22-12-17-24(16-45)41-42-30(46)26(17)29(39-22)43(7)32(48)51-34(4,5)6/h11-12,15,23,45H,9-10,13,16H2,1-8H3,(H,40,47)(H,42,46)/i7D3. The SMILES string of the molecule is [2H]C([2H])([2H])N(C(=O)OC(C)(C)C)c1nc(-c2cnn(C)c2-c2c(F)cc3c(c2C#N)OC2(CC2)CC3NC(=O)OC(C)(C)C)cc2c(CO)n[nH]c(=O)c12. The van der Waals surface area contributed by atoms with E-state index in [4.69, 9.17) is 18.3 Å². The van der Waals surface area contributed by atoms with Gasteiger partial charge in [-0.05, 0) is 66.5 Å². The number of aromatic nitrogens is 5. The molecule has 4 aromatic rings. The van der Waals surface area contributed by atoms with Crippen LogP contribution < -0.4 is 20.5 Å². The number of rotatable bonds is 5. The number of aliphatic hydroxyl groups is 1. The van der Waals surface area contributed by atoms with E-state index >= 15 is 4.39 Å². The molecule has 268 valence electrons. The number of carbonyl (C=O) groups is 2. The van der Waals surface area contributed by atoms with Gasteiger partial charge in [-0.2, -0.15) is 15.5 Å². The molecule has 15 nitrogen and oxygen atoms in total. The smallest absolute Gasteiger partial charge is 0.415 e. The molecule has 1 unspecified atom stereocenters. The topological polar surface area (TPSA) is 198 Å². The minimum absolute atomic E-state index is 0.00127. The summed E-state index contributed by atoms with van der Waals surface area (Å²) in [7, 11) is 1.48. The van der Waals surface area contributed by atoms with Gasteiger partial charge in [0, 0.05) is 41.1 Å². The number of H-pyrrole nitrogens is 1. The molecule has 0 radical (unpaired) electrons. The number of anilines is 1. The van der Waals surface area contributed by atoms with Gasteiger partial charge in [-0.1, -0.05) is 0 Å². The minimum atomic E-state index is -3.24. The van der Waals surface area contributed by atoms with Crippen LogP contribution in [0.4, 0.5) is 19.8 Å². The summed E-state index contributed by atoms with van der Waals surface area (Å²) in [5, 5.41) is 33.6. The molecule has 1 aliphatic carbocycles. The van der Waals surface area contributed by atoms with Crippen molar-refractivity contribution in [2.24, 2.45) is 7.05 Å². The number of nitrogens with one attached hydrogen (secondary N) is 2. The van der Waals surface area contributed by atoms with Gasteiger partial charge in [-0.15, -0.1) is 0 Å². The monoisotopic (exact) mass is 705 g/mol. The molecule has 1 atom stereocenters. The van der Waals surface area contributed by atoms with Crippen LogP contribution in [0.25, 0.3) is 33.3 Å². The lowest BCUT2D eigenvalue weighted by Crippen LogP contribution is -2.40. The number of carbonyl (C=O) groups excluding carboxylic acids is 2. The Bertz CT molecular complexity index is 2300. The lowest BCUT2D eigenvalue weighted by molar-refractivity contribution is 0.0460. The highest BCUT2D eigenvalue weighted by Crippen LogP contribution is 2.55. The maximum Gasteiger partial charge on any atom is 0.415 e. The fourth-order valence-corrected chi connectivity index (χ4v) is 6.08. The Hall–Kier alpha value is -5.56. The van der Waals surface area contributed by atoms with Crippen LogP contribution in [0.5, 0.6) is 5.75 Å². The Morgan fingerprint density at radius 3 is 2.57 bits per heavy atom. The molecular formula is C35H39FN8O7. The van der Waals surface area contributed by atoms with Gasteiger partial charge in [0.2, 0.25) is 0 Å². The van der Waals surface area contributed by atoms with Crippen LogP contribution in [0, 0.1) is 17.1 Å². The second kappa shape index (κ2) is 12.3. The number of aryl methyl sites for hydroxylation is 1. The van der Waals surface area contributed by atoms with Gasteiger partial charge < -0.3 is 24.6 Å². The average Bonchev–Trinajstić information content (AvgIpc) is 3.66. The molecule has 1 fully saturated rings. The number of fused-ring (bicyclic) bond motifs is 2. The summed E-state index contributed by atoms with van der Waals surface area (Å²) in [4.78, 5) is 44.4. The molecule has 4 heterocycles. The summed E-state index contributed by atoms with van der Waals surface area (Å²) in [5.41, 5.74) is -3.96. The Kier molecular flexibility index (Phi) is 7.60. The number of hydrogen-bond donors (Lipinski definition) is 3. The average molecular weight is 706 g/mol. The highest BCUT2D eigenvalue weighted by atomic mass is 19.1. The number of halogens is 1. The molecule has 1 saturated carbocycles. The number of amides is 2. The van der Waals surface area contributed by atoms with E-state index in [1.165, 1.54) is 50.8 Å². The van der Waals surface area contributed by atoms with Crippen molar-refractivity contribution in [1.82, 2.24) is 30.3 Å². The van der Waals surface area contributed by atoms with Crippen LogP contribution in [-0.4, -0.2) is 66.0 Å². The molecule has 51 heavy (non-hydrogen) atoms. The van der Waals surface area contributed by atoms with Gasteiger partial charge in [0.1, 0.15) is 40.0 Å². The molecule has 3 N–H and O–H groups in total. The molecule has 1 spiro atoms. The number of ether oxygens (including phenoxy) is 3. The van der Waals surface area contributed by atoms with Crippen LogP contribution in [-0.2, 0) is 23.1 Å². The Balaban J connectivity index is 1.59. The number of pyridine rings is 1. The summed E-state index contributed by atoms with van der Waals surface area (Å²) in [6, 6.07) is 3.81. The lowest BCUT2D eigenvalue weighted by Gasteiger charge is -2.34. The largest absolute Gasteiger partial charge is 0.485 e. The highest BCUT2D eigenvalue weighted by Gasteiger charge is 2.52. The minimum Gasteiger partial charge on any atom is -0.485 e. The van der Waals surface area contributed by atoms with Crippen LogP contribution in [0.1, 0.15) is 87.8 Å². The summed E-state index contributed by atoms with van der Waals surface area (Å²) in [5.74, 6) is -1.48. The molecule has 2 amide bonds. The fraction of sp³-hybridized carbons (Fsp3) is 0.457. The van der Waals surface area contributed by atoms with Crippen molar-refractivity contribution >= 4 is 28.8 Å². The van der Waals surface area contributed by atoms with Gasteiger partial charge >= 0.3 is 12.2 Å². The number of benzene rings is 1.